The standard InChI is InChI=1S/C16H17NOS/c1-16(2,12-8-4-3-5-9-12)17-15(18)13-10-6-7-11-14(13)19/h3-11,19H,1-2H3,(H,17,18). The Morgan fingerprint density at radius 3 is 2.21 bits per heavy atom. The minimum atomic E-state index is -0.422. The van der Waals surface area contributed by atoms with Crippen LogP contribution < -0.4 is 5.32 Å². The van der Waals surface area contributed by atoms with E-state index in [4.69, 9.17) is 0 Å². The van der Waals surface area contributed by atoms with E-state index >= 15 is 0 Å². The Kier molecular flexibility index (Phi) is 3.96. The molecule has 19 heavy (non-hydrogen) atoms. The maximum atomic E-state index is 12.3. The molecule has 0 aliphatic heterocycles. The third kappa shape index (κ3) is 3.18. The molecular weight excluding hydrogens is 254 g/mol. The zero-order valence-corrected chi connectivity index (χ0v) is 11.9. The minimum absolute atomic E-state index is 0.112. The van der Waals surface area contributed by atoms with Gasteiger partial charge in [-0.1, -0.05) is 42.5 Å². The molecule has 3 heteroatoms. The summed E-state index contributed by atoms with van der Waals surface area (Å²) in [6, 6.07) is 17.2. The Hall–Kier alpha value is -1.74. The quantitative estimate of drug-likeness (QED) is 0.820. The van der Waals surface area contributed by atoms with Gasteiger partial charge in [-0.3, -0.25) is 4.79 Å². The zero-order chi connectivity index (χ0) is 13.9. The van der Waals surface area contributed by atoms with Crippen LogP contribution in [0.3, 0.4) is 0 Å². The van der Waals surface area contributed by atoms with E-state index in [1.807, 2.05) is 62.4 Å². The number of hydrogen-bond acceptors (Lipinski definition) is 2. The summed E-state index contributed by atoms with van der Waals surface area (Å²) in [5.41, 5.74) is 1.24. The molecule has 0 radical (unpaired) electrons. The summed E-state index contributed by atoms with van der Waals surface area (Å²) in [5, 5.41) is 3.04. The lowest BCUT2D eigenvalue weighted by Gasteiger charge is -2.27. The molecule has 2 aromatic rings. The fourth-order valence-electron chi connectivity index (χ4n) is 1.94. The van der Waals surface area contributed by atoms with Gasteiger partial charge in [0.15, 0.2) is 0 Å². The van der Waals surface area contributed by atoms with Crippen molar-refractivity contribution in [3.05, 3.63) is 65.7 Å². The van der Waals surface area contributed by atoms with E-state index in [1.165, 1.54) is 0 Å². The highest BCUT2D eigenvalue weighted by atomic mass is 32.1. The molecule has 0 saturated carbocycles. The van der Waals surface area contributed by atoms with Gasteiger partial charge in [-0.05, 0) is 31.5 Å². The Bertz CT molecular complexity index is 578. The summed E-state index contributed by atoms with van der Waals surface area (Å²) in [6.45, 7) is 3.97. The molecule has 0 aliphatic carbocycles. The number of nitrogens with one attached hydrogen (secondary N) is 1. The maximum Gasteiger partial charge on any atom is 0.253 e. The van der Waals surface area contributed by atoms with E-state index in [1.54, 1.807) is 6.07 Å². The largest absolute Gasteiger partial charge is 0.343 e. The Morgan fingerprint density at radius 1 is 1.00 bits per heavy atom. The second-order valence-electron chi connectivity index (χ2n) is 4.96. The summed E-state index contributed by atoms with van der Waals surface area (Å²) >= 11 is 4.31. The number of carbonyl (C=O) groups is 1. The first kappa shape index (κ1) is 13.7. The Balaban J connectivity index is 2.22. The van der Waals surface area contributed by atoms with E-state index in [0.29, 0.717) is 10.5 Å². The SMILES string of the molecule is CC(C)(NC(=O)c1ccccc1S)c1ccccc1. The van der Waals surface area contributed by atoms with Crippen LogP contribution in [0.25, 0.3) is 0 Å². The van der Waals surface area contributed by atoms with Crippen LogP contribution in [-0.4, -0.2) is 5.91 Å². The summed E-state index contributed by atoms with van der Waals surface area (Å²) in [5.74, 6) is -0.112. The highest BCUT2D eigenvalue weighted by molar-refractivity contribution is 7.80. The van der Waals surface area contributed by atoms with Gasteiger partial charge in [0.1, 0.15) is 0 Å². The lowest BCUT2D eigenvalue weighted by atomic mass is 9.94. The molecule has 0 unspecified atom stereocenters. The van der Waals surface area contributed by atoms with Crippen molar-refractivity contribution < 1.29 is 4.79 Å². The molecule has 98 valence electrons. The number of carbonyl (C=O) groups excluding carboxylic acids is 1. The van der Waals surface area contributed by atoms with E-state index in [2.05, 4.69) is 17.9 Å². The molecule has 2 rings (SSSR count). The molecule has 0 aliphatic rings. The predicted octanol–water partition coefficient (Wildman–Crippen LogP) is 3.64. The monoisotopic (exact) mass is 271 g/mol. The van der Waals surface area contributed by atoms with Crippen molar-refractivity contribution in [2.24, 2.45) is 0 Å². The van der Waals surface area contributed by atoms with Crippen LogP contribution in [0.2, 0.25) is 0 Å². The molecule has 0 heterocycles. The van der Waals surface area contributed by atoms with Gasteiger partial charge in [0, 0.05) is 4.90 Å². The van der Waals surface area contributed by atoms with Crippen LogP contribution in [-0.2, 0) is 5.54 Å². The van der Waals surface area contributed by atoms with Gasteiger partial charge < -0.3 is 5.32 Å². The number of thiol groups is 1. The number of benzene rings is 2. The molecule has 0 spiro atoms. The van der Waals surface area contributed by atoms with E-state index < -0.39 is 5.54 Å². The van der Waals surface area contributed by atoms with Crippen LogP contribution in [0, 0.1) is 0 Å². The van der Waals surface area contributed by atoms with E-state index in [-0.39, 0.29) is 5.91 Å². The molecule has 0 aromatic heterocycles. The van der Waals surface area contributed by atoms with Crippen LogP contribution in [0.15, 0.2) is 59.5 Å². The van der Waals surface area contributed by atoms with Gasteiger partial charge in [0.25, 0.3) is 5.91 Å². The molecule has 0 bridgehead atoms. The number of amides is 1. The molecular formula is C16H17NOS. The average molecular weight is 271 g/mol. The molecule has 0 fully saturated rings. The third-order valence-electron chi connectivity index (χ3n) is 3.07. The second-order valence-corrected chi connectivity index (χ2v) is 5.44. The van der Waals surface area contributed by atoms with Gasteiger partial charge >= 0.3 is 0 Å². The second kappa shape index (κ2) is 5.49. The minimum Gasteiger partial charge on any atom is -0.343 e. The van der Waals surface area contributed by atoms with Crippen LogP contribution in [0.1, 0.15) is 29.8 Å². The highest BCUT2D eigenvalue weighted by Crippen LogP contribution is 2.21. The van der Waals surface area contributed by atoms with Crippen molar-refractivity contribution in [3.63, 3.8) is 0 Å². The van der Waals surface area contributed by atoms with Crippen LogP contribution >= 0.6 is 12.6 Å². The Labute approximate surface area is 119 Å². The topological polar surface area (TPSA) is 29.1 Å². The summed E-state index contributed by atoms with van der Waals surface area (Å²) in [4.78, 5) is 13.0. The normalized spacial score (nSPS) is 11.1. The highest BCUT2D eigenvalue weighted by Gasteiger charge is 2.23. The number of rotatable bonds is 3. The first-order valence-electron chi connectivity index (χ1n) is 6.17. The molecule has 1 amide bonds. The first-order valence-corrected chi connectivity index (χ1v) is 6.61. The molecule has 0 saturated heterocycles. The smallest absolute Gasteiger partial charge is 0.253 e. The van der Waals surface area contributed by atoms with Crippen LogP contribution in [0.4, 0.5) is 0 Å². The zero-order valence-electron chi connectivity index (χ0n) is 11.1. The first-order chi connectivity index (χ1) is 9.00. The average Bonchev–Trinajstić information content (AvgIpc) is 2.39. The number of hydrogen-bond donors (Lipinski definition) is 2. The van der Waals surface area contributed by atoms with Crippen LogP contribution in [0.5, 0.6) is 0 Å². The third-order valence-corrected chi connectivity index (χ3v) is 3.46. The van der Waals surface area contributed by atoms with Crippen molar-refractivity contribution in [2.75, 3.05) is 0 Å². The van der Waals surface area contributed by atoms with Crippen molar-refractivity contribution in [2.45, 2.75) is 24.3 Å². The maximum absolute atomic E-state index is 12.3. The van der Waals surface area contributed by atoms with Crippen molar-refractivity contribution in [1.29, 1.82) is 0 Å². The molecule has 1 N–H and O–H groups in total. The molecule has 2 aromatic carbocycles. The van der Waals surface area contributed by atoms with Gasteiger partial charge in [0.2, 0.25) is 0 Å². The van der Waals surface area contributed by atoms with Gasteiger partial charge in [-0.15, -0.1) is 12.6 Å². The summed E-state index contributed by atoms with van der Waals surface area (Å²) < 4.78 is 0. The Morgan fingerprint density at radius 2 is 1.58 bits per heavy atom. The molecule has 0 atom stereocenters. The van der Waals surface area contributed by atoms with Gasteiger partial charge in [-0.25, -0.2) is 0 Å². The van der Waals surface area contributed by atoms with Crippen molar-refractivity contribution in [1.82, 2.24) is 5.32 Å². The van der Waals surface area contributed by atoms with Crippen molar-refractivity contribution in [3.8, 4) is 0 Å². The lowest BCUT2D eigenvalue weighted by molar-refractivity contribution is 0.0909. The summed E-state index contributed by atoms with van der Waals surface area (Å²) in [6.07, 6.45) is 0. The van der Waals surface area contributed by atoms with Gasteiger partial charge in [0.05, 0.1) is 11.1 Å². The fraction of sp³-hybridized carbons (Fsp3) is 0.188. The van der Waals surface area contributed by atoms with Gasteiger partial charge in [-0.2, -0.15) is 0 Å². The fourth-order valence-corrected chi connectivity index (χ4v) is 2.21. The van der Waals surface area contributed by atoms with Crippen molar-refractivity contribution >= 4 is 18.5 Å². The van der Waals surface area contributed by atoms with E-state index in [0.717, 1.165) is 5.56 Å². The lowest BCUT2D eigenvalue weighted by Crippen LogP contribution is -2.41. The van der Waals surface area contributed by atoms with E-state index in [9.17, 15) is 4.79 Å². The summed E-state index contributed by atoms with van der Waals surface area (Å²) in [7, 11) is 0. The molecule has 2 nitrogen and oxygen atoms in total. The predicted molar refractivity (Wildman–Crippen MR) is 80.6 cm³/mol.